The molecule has 1 aliphatic rings. The number of rotatable bonds is 2. The summed E-state index contributed by atoms with van der Waals surface area (Å²) in [6, 6.07) is 5.15. The van der Waals surface area contributed by atoms with Gasteiger partial charge in [0.2, 0.25) is 0 Å². The molecular formula is C14H16BrNO4. The molecule has 0 radical (unpaired) electrons. The fourth-order valence-corrected chi connectivity index (χ4v) is 2.85. The number of halogens is 1. The zero-order chi connectivity index (χ0) is 14.7. The van der Waals surface area contributed by atoms with E-state index in [1.54, 1.807) is 6.92 Å². The molecule has 1 aliphatic heterocycles. The maximum absolute atomic E-state index is 12.0. The van der Waals surface area contributed by atoms with E-state index in [0.717, 1.165) is 15.6 Å². The minimum absolute atomic E-state index is 0.270. The number of amides is 1. The Balaban J connectivity index is 2.35. The fourth-order valence-electron chi connectivity index (χ4n) is 2.32. The Kier molecular flexibility index (Phi) is 4.65. The first-order chi connectivity index (χ1) is 9.58. The van der Waals surface area contributed by atoms with Crippen LogP contribution >= 0.6 is 15.9 Å². The molecule has 0 aromatic heterocycles. The van der Waals surface area contributed by atoms with Crippen molar-refractivity contribution >= 4 is 28.0 Å². The molecule has 1 amide bonds. The smallest absolute Gasteiger partial charge is 0.410 e. The molecule has 1 atom stereocenters. The van der Waals surface area contributed by atoms with Gasteiger partial charge in [-0.1, -0.05) is 28.1 Å². The van der Waals surface area contributed by atoms with Crippen molar-refractivity contribution < 1.29 is 19.1 Å². The molecular weight excluding hydrogens is 326 g/mol. The van der Waals surface area contributed by atoms with Gasteiger partial charge in [-0.15, -0.1) is 0 Å². The Hall–Kier alpha value is -1.56. The number of nitrogens with zero attached hydrogens (tertiary/aromatic N) is 1. The molecule has 0 saturated heterocycles. The second-order valence-electron chi connectivity index (χ2n) is 4.45. The van der Waals surface area contributed by atoms with Gasteiger partial charge in [-0.3, -0.25) is 4.90 Å². The van der Waals surface area contributed by atoms with Crippen LogP contribution in [-0.4, -0.2) is 36.7 Å². The Morgan fingerprint density at radius 3 is 2.85 bits per heavy atom. The number of carbonyl (C=O) groups is 2. The molecule has 20 heavy (non-hydrogen) atoms. The van der Waals surface area contributed by atoms with E-state index in [2.05, 4.69) is 15.9 Å². The standard InChI is InChI=1S/C14H16BrNO4/c1-3-20-14(18)16-8-10-9(5-4-6-11(10)15)7-12(16)13(17)19-2/h4-6,12H,3,7-8H2,1-2H3. The highest BCUT2D eigenvalue weighted by atomic mass is 79.9. The summed E-state index contributed by atoms with van der Waals surface area (Å²) in [4.78, 5) is 25.3. The molecule has 1 heterocycles. The van der Waals surface area contributed by atoms with Crippen LogP contribution in [0.3, 0.4) is 0 Å². The summed E-state index contributed by atoms with van der Waals surface area (Å²) in [5, 5.41) is 0. The Morgan fingerprint density at radius 2 is 2.20 bits per heavy atom. The average Bonchev–Trinajstić information content (AvgIpc) is 2.46. The second kappa shape index (κ2) is 6.26. The summed E-state index contributed by atoms with van der Waals surface area (Å²) in [6.45, 7) is 2.33. The number of methoxy groups -OCH3 is 1. The van der Waals surface area contributed by atoms with Gasteiger partial charge in [-0.2, -0.15) is 0 Å². The molecule has 5 nitrogen and oxygen atoms in total. The van der Waals surface area contributed by atoms with Crippen LogP contribution in [-0.2, 0) is 27.2 Å². The van der Waals surface area contributed by atoms with Crippen molar-refractivity contribution in [2.75, 3.05) is 13.7 Å². The first-order valence-electron chi connectivity index (χ1n) is 6.36. The lowest BCUT2D eigenvalue weighted by molar-refractivity contribution is -0.147. The molecule has 0 aliphatic carbocycles. The van der Waals surface area contributed by atoms with E-state index >= 15 is 0 Å². The van der Waals surface area contributed by atoms with Crippen LogP contribution in [0.2, 0.25) is 0 Å². The molecule has 0 saturated carbocycles. The number of hydrogen-bond acceptors (Lipinski definition) is 4. The summed E-state index contributed by atoms with van der Waals surface area (Å²) < 4.78 is 10.7. The summed E-state index contributed by atoms with van der Waals surface area (Å²) in [5.74, 6) is -0.427. The Bertz CT molecular complexity index is 532. The van der Waals surface area contributed by atoms with Crippen molar-refractivity contribution in [2.24, 2.45) is 0 Å². The molecule has 0 fully saturated rings. The maximum Gasteiger partial charge on any atom is 0.410 e. The number of benzene rings is 1. The number of fused-ring (bicyclic) bond motifs is 1. The quantitative estimate of drug-likeness (QED) is 0.775. The van der Waals surface area contributed by atoms with Crippen molar-refractivity contribution in [1.29, 1.82) is 0 Å². The minimum atomic E-state index is -0.638. The highest BCUT2D eigenvalue weighted by Crippen LogP contribution is 2.30. The van der Waals surface area contributed by atoms with Crippen molar-refractivity contribution in [2.45, 2.75) is 25.9 Å². The van der Waals surface area contributed by atoms with Gasteiger partial charge < -0.3 is 9.47 Å². The van der Waals surface area contributed by atoms with Crippen LogP contribution in [0.1, 0.15) is 18.1 Å². The highest BCUT2D eigenvalue weighted by Gasteiger charge is 2.36. The minimum Gasteiger partial charge on any atom is -0.467 e. The average molecular weight is 342 g/mol. The zero-order valence-corrected chi connectivity index (χ0v) is 13.0. The van der Waals surface area contributed by atoms with Gasteiger partial charge in [-0.05, 0) is 24.1 Å². The lowest BCUT2D eigenvalue weighted by atomic mass is 9.94. The molecule has 1 unspecified atom stereocenters. The van der Waals surface area contributed by atoms with Gasteiger partial charge in [0.1, 0.15) is 6.04 Å². The summed E-state index contributed by atoms with van der Waals surface area (Å²) in [6.07, 6.45) is -0.0652. The van der Waals surface area contributed by atoms with E-state index in [1.165, 1.54) is 12.0 Å². The maximum atomic E-state index is 12.0. The van der Waals surface area contributed by atoms with Gasteiger partial charge in [0, 0.05) is 10.9 Å². The molecule has 0 spiro atoms. The van der Waals surface area contributed by atoms with Crippen LogP contribution < -0.4 is 0 Å². The zero-order valence-electron chi connectivity index (χ0n) is 11.4. The summed E-state index contributed by atoms with van der Waals surface area (Å²) in [7, 11) is 1.32. The number of carbonyl (C=O) groups excluding carboxylic acids is 2. The first kappa shape index (κ1) is 14.8. The van der Waals surface area contributed by atoms with Crippen molar-refractivity contribution in [3.63, 3.8) is 0 Å². The molecule has 0 bridgehead atoms. The Morgan fingerprint density at radius 1 is 1.45 bits per heavy atom. The molecule has 108 valence electrons. The van der Waals surface area contributed by atoms with Gasteiger partial charge in [-0.25, -0.2) is 9.59 Å². The normalized spacial score (nSPS) is 17.4. The van der Waals surface area contributed by atoms with E-state index in [9.17, 15) is 9.59 Å². The number of hydrogen-bond donors (Lipinski definition) is 0. The second-order valence-corrected chi connectivity index (χ2v) is 5.30. The largest absolute Gasteiger partial charge is 0.467 e. The predicted octanol–water partition coefficient (Wildman–Crippen LogP) is 2.51. The van der Waals surface area contributed by atoms with Crippen molar-refractivity contribution in [3.05, 3.63) is 33.8 Å². The fraction of sp³-hybridized carbons (Fsp3) is 0.429. The van der Waals surface area contributed by atoms with E-state index in [4.69, 9.17) is 9.47 Å². The lowest BCUT2D eigenvalue weighted by Crippen LogP contribution is -2.49. The molecule has 0 N–H and O–H groups in total. The third-order valence-corrected chi connectivity index (χ3v) is 4.05. The van der Waals surface area contributed by atoms with Crippen LogP contribution in [0.15, 0.2) is 22.7 Å². The van der Waals surface area contributed by atoms with Gasteiger partial charge in [0.05, 0.1) is 20.3 Å². The number of esters is 1. The van der Waals surface area contributed by atoms with Crippen LogP contribution in [0.5, 0.6) is 0 Å². The molecule has 2 rings (SSSR count). The highest BCUT2D eigenvalue weighted by molar-refractivity contribution is 9.10. The summed E-state index contributed by atoms with van der Waals surface area (Å²) in [5.41, 5.74) is 2.04. The van der Waals surface area contributed by atoms with Gasteiger partial charge in [0.25, 0.3) is 0 Å². The molecule has 1 aromatic rings. The van der Waals surface area contributed by atoms with Gasteiger partial charge in [0.15, 0.2) is 0 Å². The third-order valence-electron chi connectivity index (χ3n) is 3.31. The van der Waals surface area contributed by atoms with E-state index in [0.29, 0.717) is 13.0 Å². The van der Waals surface area contributed by atoms with Crippen molar-refractivity contribution in [3.8, 4) is 0 Å². The van der Waals surface area contributed by atoms with Gasteiger partial charge >= 0.3 is 12.1 Å². The van der Waals surface area contributed by atoms with Crippen molar-refractivity contribution in [1.82, 2.24) is 4.90 Å². The van der Waals surface area contributed by atoms with E-state index in [1.807, 2.05) is 18.2 Å². The SMILES string of the molecule is CCOC(=O)N1Cc2c(Br)cccc2CC1C(=O)OC. The molecule has 6 heteroatoms. The summed E-state index contributed by atoms with van der Waals surface area (Å²) >= 11 is 3.48. The Labute approximate surface area is 126 Å². The van der Waals surface area contributed by atoms with E-state index in [-0.39, 0.29) is 6.61 Å². The predicted molar refractivity (Wildman–Crippen MR) is 76.2 cm³/mol. The van der Waals surface area contributed by atoms with Crippen LogP contribution in [0, 0.1) is 0 Å². The topological polar surface area (TPSA) is 55.8 Å². The van der Waals surface area contributed by atoms with Crippen LogP contribution in [0.25, 0.3) is 0 Å². The third kappa shape index (κ3) is 2.80. The monoisotopic (exact) mass is 341 g/mol. The lowest BCUT2D eigenvalue weighted by Gasteiger charge is -2.34. The number of ether oxygens (including phenoxy) is 2. The molecule has 1 aromatic carbocycles. The van der Waals surface area contributed by atoms with E-state index < -0.39 is 18.1 Å². The van der Waals surface area contributed by atoms with Crippen LogP contribution in [0.4, 0.5) is 4.79 Å². The first-order valence-corrected chi connectivity index (χ1v) is 7.15.